The minimum absolute atomic E-state index is 0. The van der Waals surface area contributed by atoms with E-state index >= 15 is 0 Å². The van der Waals surface area contributed by atoms with Crippen molar-refractivity contribution in [2.45, 2.75) is 0 Å². The molecule has 5 nitrogen and oxygen atoms in total. The summed E-state index contributed by atoms with van der Waals surface area (Å²) in [4.78, 5) is 8.25. The zero-order valence-corrected chi connectivity index (χ0v) is 10.5. The first-order valence-corrected chi connectivity index (χ1v) is 0.548. The summed E-state index contributed by atoms with van der Waals surface area (Å²) in [5, 5.41) is 14.8. The van der Waals surface area contributed by atoms with E-state index in [0.29, 0.717) is 0 Å². The maximum absolute atomic E-state index is 8.25. The Balaban J connectivity index is -0.0000000150. The molecule has 7 heavy (non-hydrogen) atoms. The minimum atomic E-state index is -1.75. The summed E-state index contributed by atoms with van der Waals surface area (Å²) in [7, 11) is 0. The van der Waals surface area contributed by atoms with Crippen LogP contribution < -0.4 is 0 Å². The van der Waals surface area contributed by atoms with Gasteiger partial charge in [0, 0.05) is 0 Å². The zero-order chi connectivity index (χ0) is 3.58. The number of hydrogen-bond acceptors (Lipinski definition) is 3. The van der Waals surface area contributed by atoms with Gasteiger partial charge in [0.05, 0.1) is 5.09 Å². The van der Waals surface area contributed by atoms with Crippen LogP contribution in [0.3, 0.4) is 0 Å². The SMILES string of the molecule is O=[N+]([O-])[O-].[La+3].[La+3].[O-2]. The molecule has 0 spiro atoms. The first-order chi connectivity index (χ1) is 1.73. The molecule has 0 aliphatic rings. The Kier molecular flexibility index (Phi) is 52.6. The molecule has 0 N–H and O–H groups in total. The van der Waals surface area contributed by atoms with E-state index in [0.717, 1.165) is 0 Å². The van der Waals surface area contributed by atoms with Crippen molar-refractivity contribution in [3.8, 4) is 0 Å². The Morgan fingerprint density at radius 3 is 1.14 bits per heavy atom. The first kappa shape index (κ1) is 23.5. The van der Waals surface area contributed by atoms with Crippen molar-refractivity contribution in [2.24, 2.45) is 0 Å². The van der Waals surface area contributed by atoms with Gasteiger partial charge in [-0.15, -0.1) is 0 Å². The number of rotatable bonds is 0. The quantitative estimate of drug-likeness (QED) is 0.438. The maximum Gasteiger partial charge on any atom is 3.00 e. The summed E-state index contributed by atoms with van der Waals surface area (Å²) in [6.07, 6.45) is 0. The van der Waals surface area contributed by atoms with Gasteiger partial charge in [-0.25, -0.2) is 0 Å². The summed E-state index contributed by atoms with van der Waals surface area (Å²) >= 11 is 0. The van der Waals surface area contributed by atoms with Crippen LogP contribution in [-0.2, 0) is 5.48 Å². The smallest absolute Gasteiger partial charge is 2.00 e. The Labute approximate surface area is 95.5 Å². The fourth-order valence-corrected chi connectivity index (χ4v) is 0. The molecule has 0 saturated heterocycles. The molecule has 0 unspecified atom stereocenters. The molecule has 0 aromatic heterocycles. The average molecular weight is 356 g/mol. The van der Waals surface area contributed by atoms with E-state index < -0.39 is 5.09 Å². The van der Waals surface area contributed by atoms with Crippen molar-refractivity contribution in [1.29, 1.82) is 0 Å². The molecule has 0 atom stereocenters. The third-order valence-corrected chi connectivity index (χ3v) is 0. The Bertz CT molecular complexity index is 32.7. The third kappa shape index (κ3) is 96.8. The van der Waals surface area contributed by atoms with Crippen molar-refractivity contribution >= 4 is 0 Å². The second-order valence-corrected chi connectivity index (χ2v) is 0.224. The van der Waals surface area contributed by atoms with Crippen LogP contribution in [0.25, 0.3) is 0 Å². The molecule has 0 aromatic rings. The predicted octanol–water partition coefficient (Wildman–Crippen LogP) is -0.358. The average Bonchev–Trinajstić information content (AvgIpc) is 0.811. The van der Waals surface area contributed by atoms with Gasteiger partial charge >= 0.3 is 71.2 Å². The van der Waals surface area contributed by atoms with Gasteiger partial charge in [0.15, 0.2) is 0 Å². The molecular formula is La2NO4+3. The van der Waals surface area contributed by atoms with Gasteiger partial charge < -0.3 is 20.8 Å². The van der Waals surface area contributed by atoms with E-state index in [-0.39, 0.29) is 76.7 Å². The summed E-state index contributed by atoms with van der Waals surface area (Å²) < 4.78 is 0. The van der Waals surface area contributed by atoms with Gasteiger partial charge in [-0.2, -0.15) is 0 Å². The van der Waals surface area contributed by atoms with Gasteiger partial charge in [-0.3, -0.25) is 0 Å². The van der Waals surface area contributed by atoms with Crippen LogP contribution in [0, 0.1) is 86.5 Å². The molecule has 0 aromatic carbocycles. The molecule has 0 aliphatic heterocycles. The van der Waals surface area contributed by atoms with Gasteiger partial charge in [0.25, 0.3) is 0 Å². The zero-order valence-electron chi connectivity index (χ0n) is 3.23. The van der Waals surface area contributed by atoms with Crippen molar-refractivity contribution in [3.05, 3.63) is 15.3 Å². The summed E-state index contributed by atoms with van der Waals surface area (Å²) in [5.41, 5.74) is 0. The summed E-state index contributed by atoms with van der Waals surface area (Å²) in [6, 6.07) is 0. The molecule has 0 radical (unpaired) electrons. The molecule has 0 rings (SSSR count). The normalized spacial score (nSPS) is 3.43. The standard InChI is InChI=1S/2La.NO3.O/c;;2-1(3)4;/q2*+3;-1;-2. The fourth-order valence-electron chi connectivity index (χ4n) is 0. The monoisotopic (exact) mass is 356 g/mol. The van der Waals surface area contributed by atoms with Crippen LogP contribution in [0.5, 0.6) is 0 Å². The predicted molar refractivity (Wildman–Crippen MR) is 11.0 cm³/mol. The van der Waals surface area contributed by atoms with Crippen LogP contribution in [0.1, 0.15) is 0 Å². The molecule has 0 aliphatic carbocycles. The van der Waals surface area contributed by atoms with Crippen molar-refractivity contribution in [3.63, 3.8) is 0 Å². The molecule has 0 fully saturated rings. The van der Waals surface area contributed by atoms with E-state index in [1.165, 1.54) is 0 Å². The first-order valence-electron chi connectivity index (χ1n) is 0.548. The largest absolute Gasteiger partial charge is 3.00 e. The second kappa shape index (κ2) is 15.6. The Morgan fingerprint density at radius 1 is 1.14 bits per heavy atom. The summed E-state index contributed by atoms with van der Waals surface area (Å²) in [5.74, 6) is 0. The molecule has 0 amide bonds. The van der Waals surface area contributed by atoms with Crippen LogP contribution in [0.2, 0.25) is 0 Å². The molecule has 7 heteroatoms. The molecule has 32 valence electrons. The van der Waals surface area contributed by atoms with Crippen molar-refractivity contribution < 1.29 is 81.8 Å². The van der Waals surface area contributed by atoms with Gasteiger partial charge in [0.1, 0.15) is 0 Å². The summed E-state index contributed by atoms with van der Waals surface area (Å²) in [6.45, 7) is 0. The minimum Gasteiger partial charge on any atom is -2.00 e. The van der Waals surface area contributed by atoms with Crippen LogP contribution >= 0.6 is 0 Å². The van der Waals surface area contributed by atoms with E-state index in [1.54, 1.807) is 0 Å². The maximum atomic E-state index is 8.25. The third-order valence-electron chi connectivity index (χ3n) is 0. The van der Waals surface area contributed by atoms with Crippen molar-refractivity contribution in [1.82, 2.24) is 0 Å². The topological polar surface area (TPSA) is 94.7 Å². The number of hydrogen-bond donors (Lipinski definition) is 0. The van der Waals surface area contributed by atoms with Gasteiger partial charge in [-0.1, -0.05) is 0 Å². The molecule has 0 saturated carbocycles. The molecule has 0 bridgehead atoms. The number of nitrogens with zero attached hydrogens (tertiary/aromatic N) is 1. The fraction of sp³-hybridized carbons (Fsp3) is 0. The van der Waals surface area contributed by atoms with Crippen LogP contribution in [0.15, 0.2) is 0 Å². The molecular weight excluding hydrogens is 356 g/mol. The van der Waals surface area contributed by atoms with Gasteiger partial charge in [0.2, 0.25) is 0 Å². The van der Waals surface area contributed by atoms with Gasteiger partial charge in [-0.05, 0) is 0 Å². The van der Waals surface area contributed by atoms with E-state index in [9.17, 15) is 0 Å². The van der Waals surface area contributed by atoms with Crippen molar-refractivity contribution in [2.75, 3.05) is 0 Å². The van der Waals surface area contributed by atoms with Crippen LogP contribution in [-0.4, -0.2) is 5.09 Å². The second-order valence-electron chi connectivity index (χ2n) is 0.224. The van der Waals surface area contributed by atoms with E-state index in [1.807, 2.05) is 0 Å². The van der Waals surface area contributed by atoms with E-state index in [4.69, 9.17) is 15.3 Å². The molecule has 0 heterocycles. The Hall–Kier alpha value is 1.55. The Morgan fingerprint density at radius 2 is 1.14 bits per heavy atom. The van der Waals surface area contributed by atoms with Crippen LogP contribution in [0.4, 0.5) is 0 Å². The van der Waals surface area contributed by atoms with E-state index in [2.05, 4.69) is 0 Å².